The lowest BCUT2D eigenvalue weighted by Gasteiger charge is -2.07. The molecule has 0 aliphatic rings. The summed E-state index contributed by atoms with van der Waals surface area (Å²) in [7, 11) is 3.72. The molecule has 0 spiro atoms. The highest BCUT2D eigenvalue weighted by Gasteiger charge is 2.13. The third-order valence-corrected chi connectivity index (χ3v) is 4.35. The Kier molecular flexibility index (Phi) is 3.72. The number of pyridine rings is 2. The maximum Gasteiger partial charge on any atom is 0.275 e. The normalized spacial score (nSPS) is 11.0. The van der Waals surface area contributed by atoms with Crippen LogP contribution < -0.4 is 5.32 Å². The Balaban J connectivity index is 1.67. The van der Waals surface area contributed by atoms with Gasteiger partial charge in [-0.1, -0.05) is 0 Å². The number of aromatic nitrogens is 6. The first-order valence-corrected chi connectivity index (χ1v) is 8.06. The number of nitrogens with one attached hydrogen (secondary N) is 1. The lowest BCUT2D eigenvalue weighted by atomic mass is 10.2. The first-order chi connectivity index (χ1) is 12.5. The Morgan fingerprint density at radius 2 is 1.96 bits per heavy atom. The summed E-state index contributed by atoms with van der Waals surface area (Å²) in [6.45, 7) is 1.84. The SMILES string of the molecule is Cc1ncc(C(=O)Nc2cc3nc(-c4cncn4C)ccc3cn2)n1C. The van der Waals surface area contributed by atoms with Crippen LogP contribution in [-0.4, -0.2) is 35.0 Å². The van der Waals surface area contributed by atoms with Crippen LogP contribution in [0.15, 0.2) is 43.1 Å². The molecule has 4 rings (SSSR count). The van der Waals surface area contributed by atoms with Crippen LogP contribution in [0.25, 0.3) is 22.3 Å². The van der Waals surface area contributed by atoms with Crippen molar-refractivity contribution in [1.29, 1.82) is 0 Å². The monoisotopic (exact) mass is 347 g/mol. The van der Waals surface area contributed by atoms with E-state index in [1.807, 2.05) is 30.7 Å². The van der Waals surface area contributed by atoms with E-state index in [0.29, 0.717) is 11.5 Å². The summed E-state index contributed by atoms with van der Waals surface area (Å²) in [6, 6.07) is 5.64. The Morgan fingerprint density at radius 3 is 2.65 bits per heavy atom. The smallest absolute Gasteiger partial charge is 0.275 e. The number of carbonyl (C=O) groups excluding carboxylic acids is 1. The summed E-state index contributed by atoms with van der Waals surface area (Å²) in [5.74, 6) is 0.947. The topological polar surface area (TPSA) is 90.5 Å². The predicted molar refractivity (Wildman–Crippen MR) is 97.6 cm³/mol. The first kappa shape index (κ1) is 15.9. The van der Waals surface area contributed by atoms with Crippen LogP contribution in [0.4, 0.5) is 5.82 Å². The molecule has 4 aromatic heterocycles. The predicted octanol–water partition coefficient (Wildman–Crippen LogP) is 2.32. The van der Waals surface area contributed by atoms with Gasteiger partial charge in [0.25, 0.3) is 5.91 Å². The van der Waals surface area contributed by atoms with Gasteiger partial charge in [-0.2, -0.15) is 0 Å². The lowest BCUT2D eigenvalue weighted by molar-refractivity contribution is 0.101. The molecule has 0 bridgehead atoms. The lowest BCUT2D eigenvalue weighted by Crippen LogP contribution is -2.16. The van der Waals surface area contributed by atoms with Gasteiger partial charge in [0.1, 0.15) is 17.3 Å². The summed E-state index contributed by atoms with van der Waals surface area (Å²) in [5, 5.41) is 3.70. The molecule has 0 fully saturated rings. The van der Waals surface area contributed by atoms with Crippen molar-refractivity contribution in [2.45, 2.75) is 6.92 Å². The highest BCUT2D eigenvalue weighted by molar-refractivity contribution is 6.03. The van der Waals surface area contributed by atoms with Crippen molar-refractivity contribution < 1.29 is 4.79 Å². The second-order valence-electron chi connectivity index (χ2n) is 6.05. The standard InChI is InChI=1S/C18H17N7O/c1-11-20-9-16(25(11)3)18(26)23-17-6-14-12(7-21-17)4-5-13(22-14)15-8-19-10-24(15)2/h4-10H,1-3H3,(H,21,23,26). The first-order valence-electron chi connectivity index (χ1n) is 8.06. The quantitative estimate of drug-likeness (QED) is 0.614. The minimum atomic E-state index is -0.261. The van der Waals surface area contributed by atoms with Crippen LogP contribution >= 0.6 is 0 Å². The van der Waals surface area contributed by atoms with Crippen LogP contribution in [0.3, 0.4) is 0 Å². The number of aryl methyl sites for hydroxylation is 2. The molecular weight excluding hydrogens is 330 g/mol. The van der Waals surface area contributed by atoms with E-state index in [4.69, 9.17) is 0 Å². The highest BCUT2D eigenvalue weighted by atomic mass is 16.2. The molecule has 4 heterocycles. The maximum atomic E-state index is 12.4. The summed E-state index contributed by atoms with van der Waals surface area (Å²) in [4.78, 5) is 29.7. The second kappa shape index (κ2) is 6.07. The van der Waals surface area contributed by atoms with Crippen molar-refractivity contribution in [3.8, 4) is 11.4 Å². The fourth-order valence-corrected chi connectivity index (χ4v) is 2.72. The van der Waals surface area contributed by atoms with Gasteiger partial charge in [0.05, 0.1) is 35.6 Å². The molecule has 130 valence electrons. The fourth-order valence-electron chi connectivity index (χ4n) is 2.72. The van der Waals surface area contributed by atoms with Crippen molar-refractivity contribution in [2.75, 3.05) is 5.32 Å². The third kappa shape index (κ3) is 2.71. The van der Waals surface area contributed by atoms with E-state index in [1.54, 1.807) is 42.6 Å². The van der Waals surface area contributed by atoms with Crippen LogP contribution in [0.1, 0.15) is 16.3 Å². The summed E-state index contributed by atoms with van der Waals surface area (Å²) < 4.78 is 3.64. The largest absolute Gasteiger partial charge is 0.332 e. The number of amides is 1. The minimum absolute atomic E-state index is 0.261. The highest BCUT2D eigenvalue weighted by Crippen LogP contribution is 2.21. The minimum Gasteiger partial charge on any atom is -0.332 e. The van der Waals surface area contributed by atoms with Crippen molar-refractivity contribution >= 4 is 22.6 Å². The number of fused-ring (bicyclic) bond motifs is 1. The molecule has 4 aromatic rings. The fraction of sp³-hybridized carbons (Fsp3) is 0.167. The van der Waals surface area contributed by atoms with Crippen molar-refractivity contribution in [3.63, 3.8) is 0 Å². The Morgan fingerprint density at radius 1 is 1.12 bits per heavy atom. The summed E-state index contributed by atoms with van der Waals surface area (Å²) in [5.41, 5.74) is 2.94. The third-order valence-electron chi connectivity index (χ3n) is 4.35. The summed E-state index contributed by atoms with van der Waals surface area (Å²) >= 11 is 0. The van der Waals surface area contributed by atoms with Gasteiger partial charge in [-0.25, -0.2) is 19.9 Å². The van der Waals surface area contributed by atoms with E-state index >= 15 is 0 Å². The van der Waals surface area contributed by atoms with E-state index in [1.165, 1.54) is 0 Å². The Hall–Kier alpha value is -3.55. The van der Waals surface area contributed by atoms with Gasteiger partial charge in [-0.3, -0.25) is 4.79 Å². The second-order valence-corrected chi connectivity index (χ2v) is 6.05. The van der Waals surface area contributed by atoms with Crippen molar-refractivity contribution in [3.05, 3.63) is 54.6 Å². The average Bonchev–Trinajstić information content (AvgIpc) is 3.20. The molecule has 0 saturated heterocycles. The van der Waals surface area contributed by atoms with E-state index in [0.717, 1.165) is 28.1 Å². The molecule has 8 nitrogen and oxygen atoms in total. The van der Waals surface area contributed by atoms with E-state index in [-0.39, 0.29) is 5.91 Å². The van der Waals surface area contributed by atoms with E-state index < -0.39 is 0 Å². The van der Waals surface area contributed by atoms with Gasteiger partial charge < -0.3 is 14.5 Å². The zero-order valence-corrected chi connectivity index (χ0v) is 14.6. The zero-order valence-electron chi connectivity index (χ0n) is 14.6. The molecule has 0 unspecified atom stereocenters. The number of nitrogens with zero attached hydrogens (tertiary/aromatic N) is 6. The molecule has 8 heteroatoms. The average molecular weight is 347 g/mol. The number of imidazole rings is 2. The van der Waals surface area contributed by atoms with E-state index in [2.05, 4.69) is 25.3 Å². The number of rotatable bonds is 3. The summed E-state index contributed by atoms with van der Waals surface area (Å²) in [6.07, 6.45) is 6.74. The number of anilines is 1. The van der Waals surface area contributed by atoms with Gasteiger partial charge in [0, 0.05) is 31.7 Å². The van der Waals surface area contributed by atoms with Crippen molar-refractivity contribution in [1.82, 2.24) is 29.1 Å². The molecule has 0 atom stereocenters. The zero-order chi connectivity index (χ0) is 18.3. The van der Waals surface area contributed by atoms with E-state index in [9.17, 15) is 4.79 Å². The maximum absolute atomic E-state index is 12.4. The molecular formula is C18H17N7O. The molecule has 0 saturated carbocycles. The number of hydrogen-bond donors (Lipinski definition) is 1. The van der Waals surface area contributed by atoms with Gasteiger partial charge in [0.2, 0.25) is 0 Å². The Bertz CT molecular complexity index is 1130. The van der Waals surface area contributed by atoms with Crippen LogP contribution in [-0.2, 0) is 14.1 Å². The number of carbonyl (C=O) groups is 1. The Labute approximate surface area is 149 Å². The van der Waals surface area contributed by atoms with Gasteiger partial charge in [-0.15, -0.1) is 0 Å². The molecule has 0 aromatic carbocycles. The number of hydrogen-bond acceptors (Lipinski definition) is 5. The van der Waals surface area contributed by atoms with Crippen LogP contribution in [0, 0.1) is 6.92 Å². The van der Waals surface area contributed by atoms with Crippen LogP contribution in [0.2, 0.25) is 0 Å². The van der Waals surface area contributed by atoms with Gasteiger partial charge in [0.15, 0.2) is 0 Å². The van der Waals surface area contributed by atoms with Gasteiger partial charge in [-0.05, 0) is 19.1 Å². The molecule has 0 aliphatic carbocycles. The van der Waals surface area contributed by atoms with Crippen molar-refractivity contribution in [2.24, 2.45) is 14.1 Å². The molecule has 1 N–H and O–H groups in total. The molecule has 26 heavy (non-hydrogen) atoms. The van der Waals surface area contributed by atoms with Gasteiger partial charge >= 0.3 is 0 Å². The molecule has 1 amide bonds. The van der Waals surface area contributed by atoms with Crippen LogP contribution in [0.5, 0.6) is 0 Å². The molecule has 0 radical (unpaired) electrons. The molecule has 0 aliphatic heterocycles.